The highest BCUT2D eigenvalue weighted by Crippen LogP contribution is 2.22. The highest BCUT2D eigenvalue weighted by molar-refractivity contribution is 7.89. The number of aliphatic carboxylic acids is 1. The summed E-state index contributed by atoms with van der Waals surface area (Å²) in [7, 11) is -3.97. The Labute approximate surface area is 221 Å². The first-order chi connectivity index (χ1) is 18.1. The highest BCUT2D eigenvalue weighted by atomic mass is 32.2. The summed E-state index contributed by atoms with van der Waals surface area (Å²) in [5.41, 5.74) is 1.25. The molecule has 2 heterocycles. The summed E-state index contributed by atoms with van der Waals surface area (Å²) in [4.78, 5) is 45.5. The third-order valence-electron chi connectivity index (χ3n) is 5.76. The smallest absolute Gasteiger partial charge is 0.323 e. The van der Waals surface area contributed by atoms with Crippen molar-refractivity contribution in [1.82, 2.24) is 20.0 Å². The summed E-state index contributed by atoms with van der Waals surface area (Å²) in [5.74, 6) is -2.35. The second-order valence-electron chi connectivity index (χ2n) is 8.78. The van der Waals surface area contributed by atoms with Gasteiger partial charge in [-0.05, 0) is 49.6 Å². The van der Waals surface area contributed by atoms with Gasteiger partial charge in [-0.15, -0.1) is 0 Å². The standard InChI is InChI=1S/C24H32N6O7S/c1-17(31)37-13-4-14-38(35,36)29-21(23(33)34)15-27-22(32)18-6-8-20(9-7-18)30-12-2-5-19(16-30)28-24-25-10-3-11-26-24/h3,6-11,19,21,29H,2,4-5,12-16H2,1H3,(H,27,32)(H,33,34)(H,25,26,28)/t19-,21-/m0/s1. The molecule has 4 N–H and O–H groups in total. The van der Waals surface area contributed by atoms with Crippen molar-refractivity contribution in [1.29, 1.82) is 0 Å². The van der Waals surface area contributed by atoms with Gasteiger partial charge in [0.1, 0.15) is 6.04 Å². The maximum Gasteiger partial charge on any atom is 0.323 e. The molecule has 0 spiro atoms. The zero-order valence-electron chi connectivity index (χ0n) is 21.0. The number of sulfonamides is 1. The molecule has 13 nitrogen and oxygen atoms in total. The summed E-state index contributed by atoms with van der Waals surface area (Å²) in [5, 5.41) is 15.2. The second-order valence-corrected chi connectivity index (χ2v) is 10.7. The minimum atomic E-state index is -3.97. The first-order valence-electron chi connectivity index (χ1n) is 12.2. The lowest BCUT2D eigenvalue weighted by atomic mass is 10.0. The minimum absolute atomic E-state index is 0.00776. The molecule has 0 radical (unpaired) electrons. The minimum Gasteiger partial charge on any atom is -0.480 e. The summed E-state index contributed by atoms with van der Waals surface area (Å²) >= 11 is 0. The monoisotopic (exact) mass is 548 g/mol. The van der Waals surface area contributed by atoms with Gasteiger partial charge in [-0.25, -0.2) is 18.4 Å². The molecule has 0 bridgehead atoms. The third-order valence-corrected chi connectivity index (χ3v) is 7.23. The van der Waals surface area contributed by atoms with E-state index in [2.05, 4.69) is 35.0 Å². The Balaban J connectivity index is 1.50. The molecule has 1 saturated heterocycles. The number of rotatable bonds is 13. The van der Waals surface area contributed by atoms with Crippen molar-refractivity contribution in [2.45, 2.75) is 38.3 Å². The first-order valence-corrected chi connectivity index (χ1v) is 13.8. The summed E-state index contributed by atoms with van der Waals surface area (Å²) in [6.07, 6.45) is 5.33. The van der Waals surface area contributed by atoms with Crippen molar-refractivity contribution < 1.29 is 32.6 Å². The fourth-order valence-corrected chi connectivity index (χ4v) is 5.16. The molecule has 3 rings (SSSR count). The van der Waals surface area contributed by atoms with Gasteiger partial charge in [-0.3, -0.25) is 14.4 Å². The largest absolute Gasteiger partial charge is 0.480 e. The van der Waals surface area contributed by atoms with E-state index in [0.717, 1.165) is 31.6 Å². The van der Waals surface area contributed by atoms with Gasteiger partial charge < -0.3 is 25.4 Å². The third kappa shape index (κ3) is 9.27. The van der Waals surface area contributed by atoms with Crippen LogP contribution in [0.5, 0.6) is 0 Å². The summed E-state index contributed by atoms with van der Waals surface area (Å²) in [6, 6.07) is 7.28. The second kappa shape index (κ2) is 13.7. The molecule has 1 aromatic carbocycles. The van der Waals surface area contributed by atoms with Gasteiger partial charge in [-0.1, -0.05) is 0 Å². The van der Waals surface area contributed by atoms with Crippen molar-refractivity contribution in [3.63, 3.8) is 0 Å². The Kier molecular flexibility index (Phi) is 10.4. The Bertz CT molecular complexity index is 1190. The number of carboxylic acids is 1. The van der Waals surface area contributed by atoms with E-state index in [9.17, 15) is 27.9 Å². The van der Waals surface area contributed by atoms with Crippen LogP contribution in [0, 0.1) is 0 Å². The van der Waals surface area contributed by atoms with Crippen LogP contribution in [0.1, 0.15) is 36.5 Å². The van der Waals surface area contributed by atoms with E-state index in [0.29, 0.717) is 11.5 Å². The molecule has 1 aliphatic heterocycles. The number of ether oxygens (including phenoxy) is 1. The lowest BCUT2D eigenvalue weighted by Gasteiger charge is -2.34. The van der Waals surface area contributed by atoms with Crippen LogP contribution >= 0.6 is 0 Å². The maximum absolute atomic E-state index is 12.6. The van der Waals surface area contributed by atoms with Crippen LogP contribution in [0.4, 0.5) is 11.6 Å². The number of carbonyl (C=O) groups excluding carboxylic acids is 2. The number of carbonyl (C=O) groups is 3. The Morgan fingerprint density at radius 1 is 1.18 bits per heavy atom. The van der Waals surface area contributed by atoms with Crippen molar-refractivity contribution in [3.05, 3.63) is 48.3 Å². The number of nitrogens with one attached hydrogen (secondary N) is 3. The zero-order chi connectivity index (χ0) is 27.5. The van der Waals surface area contributed by atoms with Crippen LogP contribution in [0.2, 0.25) is 0 Å². The molecule has 0 unspecified atom stereocenters. The topological polar surface area (TPSA) is 180 Å². The molecule has 0 aliphatic carbocycles. The number of benzene rings is 1. The Hall–Kier alpha value is -3.78. The Morgan fingerprint density at radius 3 is 2.55 bits per heavy atom. The van der Waals surface area contributed by atoms with Gasteiger partial charge in [0.2, 0.25) is 16.0 Å². The summed E-state index contributed by atoms with van der Waals surface area (Å²) < 4.78 is 31.1. The molecule has 0 saturated carbocycles. The molecule has 206 valence electrons. The molecule has 2 aromatic rings. The van der Waals surface area contributed by atoms with Crippen molar-refractivity contribution >= 4 is 39.5 Å². The lowest BCUT2D eigenvalue weighted by Crippen LogP contribution is -2.49. The van der Waals surface area contributed by atoms with Crippen LogP contribution in [-0.2, 0) is 24.3 Å². The predicted octanol–water partition coefficient (Wildman–Crippen LogP) is 0.613. The van der Waals surface area contributed by atoms with Gasteiger partial charge in [-0.2, -0.15) is 4.72 Å². The molecule has 1 aliphatic rings. The van der Waals surface area contributed by atoms with E-state index in [1.54, 1.807) is 30.6 Å². The SMILES string of the molecule is CC(=O)OCCCS(=O)(=O)N[C@@H](CNC(=O)c1ccc(N2CCC[C@H](Nc3ncccn3)C2)cc1)C(=O)O. The average molecular weight is 549 g/mol. The predicted molar refractivity (Wildman–Crippen MR) is 139 cm³/mol. The van der Waals surface area contributed by atoms with Crippen LogP contribution in [-0.4, -0.2) is 85.4 Å². The van der Waals surface area contributed by atoms with Crippen LogP contribution in [0.25, 0.3) is 0 Å². The molecule has 14 heteroatoms. The van der Waals surface area contributed by atoms with Crippen molar-refractivity contribution in [2.24, 2.45) is 0 Å². The fraction of sp³-hybridized carbons (Fsp3) is 0.458. The number of hydrogen-bond donors (Lipinski definition) is 4. The van der Waals surface area contributed by atoms with Gasteiger partial charge in [0.25, 0.3) is 5.91 Å². The van der Waals surface area contributed by atoms with Gasteiger partial charge in [0.05, 0.1) is 12.4 Å². The van der Waals surface area contributed by atoms with Gasteiger partial charge in [0, 0.05) is 56.2 Å². The van der Waals surface area contributed by atoms with Crippen LogP contribution in [0.15, 0.2) is 42.7 Å². The van der Waals surface area contributed by atoms with E-state index < -0.39 is 46.2 Å². The number of nitrogens with zero attached hydrogens (tertiary/aromatic N) is 3. The number of hydrogen-bond acceptors (Lipinski definition) is 10. The number of esters is 1. The van der Waals surface area contributed by atoms with E-state index in [1.165, 1.54) is 6.92 Å². The van der Waals surface area contributed by atoms with E-state index in [4.69, 9.17) is 0 Å². The zero-order valence-corrected chi connectivity index (χ0v) is 21.8. The van der Waals surface area contributed by atoms with Crippen LogP contribution in [0.3, 0.4) is 0 Å². The average Bonchev–Trinajstić information content (AvgIpc) is 2.89. The van der Waals surface area contributed by atoms with E-state index in [-0.39, 0.29) is 19.1 Å². The molecule has 1 fully saturated rings. The quantitative estimate of drug-likeness (QED) is 0.203. The molecule has 2 atom stereocenters. The van der Waals surface area contributed by atoms with E-state index in [1.807, 2.05) is 12.1 Å². The summed E-state index contributed by atoms with van der Waals surface area (Å²) in [6.45, 7) is 2.26. The molecular formula is C24H32N6O7S. The van der Waals surface area contributed by atoms with Crippen molar-refractivity contribution in [3.8, 4) is 0 Å². The highest BCUT2D eigenvalue weighted by Gasteiger charge is 2.25. The van der Waals surface area contributed by atoms with E-state index >= 15 is 0 Å². The van der Waals surface area contributed by atoms with Crippen LogP contribution < -0.4 is 20.3 Å². The molecule has 1 aromatic heterocycles. The normalized spacial score (nSPS) is 16.3. The first kappa shape index (κ1) is 28.8. The Morgan fingerprint density at radius 2 is 1.89 bits per heavy atom. The number of anilines is 2. The lowest BCUT2D eigenvalue weighted by molar-refractivity contribution is -0.141. The molecular weight excluding hydrogens is 516 g/mol. The van der Waals surface area contributed by atoms with Crippen molar-refractivity contribution in [2.75, 3.05) is 42.2 Å². The van der Waals surface area contributed by atoms with Gasteiger partial charge >= 0.3 is 11.9 Å². The number of carboxylic acid groups (broad SMARTS) is 1. The number of piperidine rings is 1. The maximum atomic E-state index is 12.6. The fourth-order valence-electron chi connectivity index (χ4n) is 3.93. The number of amides is 1. The number of aromatic nitrogens is 2. The molecule has 38 heavy (non-hydrogen) atoms. The van der Waals surface area contributed by atoms with Gasteiger partial charge in [0.15, 0.2) is 0 Å². The molecule has 1 amide bonds.